The molecule has 0 spiro atoms. The number of ether oxygens (including phenoxy) is 2. The largest absolute Gasteiger partial charge is 0.508 e. The first-order chi connectivity index (χ1) is 10.1. The summed E-state index contributed by atoms with van der Waals surface area (Å²) in [6, 6.07) is 14.0. The van der Waals surface area contributed by atoms with Gasteiger partial charge in [-0.2, -0.15) is 0 Å². The summed E-state index contributed by atoms with van der Waals surface area (Å²) in [6.45, 7) is 1.46. The lowest BCUT2D eigenvalue weighted by atomic mass is 10.2. The fourth-order valence-electron chi connectivity index (χ4n) is 1.63. The van der Waals surface area contributed by atoms with Gasteiger partial charge < -0.3 is 14.6 Å². The monoisotopic (exact) mass is 286 g/mol. The van der Waals surface area contributed by atoms with Crippen LogP contribution in [0.15, 0.2) is 54.6 Å². The fraction of sp³-hybridized carbons (Fsp3) is 0.125. The highest BCUT2D eigenvalue weighted by Gasteiger charge is 2.16. The number of benzene rings is 2. The molecule has 108 valence electrons. The van der Waals surface area contributed by atoms with E-state index >= 15 is 0 Å². The van der Waals surface area contributed by atoms with Crippen molar-refractivity contribution in [2.45, 2.75) is 13.2 Å². The molecule has 0 radical (unpaired) electrons. The normalized spacial score (nSPS) is 11.5. The van der Waals surface area contributed by atoms with Crippen molar-refractivity contribution in [1.29, 1.82) is 0 Å². The van der Waals surface area contributed by atoms with Crippen LogP contribution in [0.1, 0.15) is 27.6 Å². The predicted octanol–water partition coefficient (Wildman–Crippen LogP) is 2.75. The van der Waals surface area contributed by atoms with E-state index in [0.29, 0.717) is 5.56 Å². The number of aromatic hydroxyl groups is 1. The van der Waals surface area contributed by atoms with Gasteiger partial charge >= 0.3 is 11.9 Å². The average molecular weight is 286 g/mol. The van der Waals surface area contributed by atoms with E-state index < -0.39 is 18.2 Å². The smallest absolute Gasteiger partial charge is 0.341 e. The van der Waals surface area contributed by atoms with E-state index in [0.717, 1.165) is 0 Å². The lowest BCUT2D eigenvalue weighted by molar-refractivity contribution is -0.0691. The second-order valence-corrected chi connectivity index (χ2v) is 4.29. The van der Waals surface area contributed by atoms with Gasteiger partial charge in [-0.1, -0.05) is 18.2 Å². The first-order valence-electron chi connectivity index (χ1n) is 6.32. The van der Waals surface area contributed by atoms with Crippen molar-refractivity contribution < 1.29 is 24.2 Å². The molecule has 21 heavy (non-hydrogen) atoms. The van der Waals surface area contributed by atoms with Gasteiger partial charge in [0.2, 0.25) is 6.29 Å². The van der Waals surface area contributed by atoms with Crippen LogP contribution >= 0.6 is 0 Å². The average Bonchev–Trinajstić information content (AvgIpc) is 2.48. The number of carbonyl (C=O) groups is 2. The van der Waals surface area contributed by atoms with Crippen molar-refractivity contribution in [1.82, 2.24) is 0 Å². The molecule has 0 amide bonds. The Morgan fingerprint density at radius 3 is 1.86 bits per heavy atom. The summed E-state index contributed by atoms with van der Waals surface area (Å²) in [5.41, 5.74) is 0.639. The Morgan fingerprint density at radius 2 is 1.33 bits per heavy atom. The van der Waals surface area contributed by atoms with Crippen LogP contribution < -0.4 is 0 Å². The van der Waals surface area contributed by atoms with Gasteiger partial charge in [-0.05, 0) is 36.4 Å². The number of carbonyl (C=O) groups excluding carboxylic acids is 2. The first-order valence-corrected chi connectivity index (χ1v) is 6.32. The van der Waals surface area contributed by atoms with Crippen molar-refractivity contribution in [3.8, 4) is 5.75 Å². The lowest BCUT2D eigenvalue weighted by Crippen LogP contribution is -2.21. The minimum Gasteiger partial charge on any atom is -0.508 e. The second kappa shape index (κ2) is 6.56. The summed E-state index contributed by atoms with van der Waals surface area (Å²) in [7, 11) is 0. The Balaban J connectivity index is 1.92. The first kappa shape index (κ1) is 14.6. The van der Waals surface area contributed by atoms with Crippen LogP contribution in [-0.4, -0.2) is 23.3 Å². The number of phenols is 1. The Kier molecular flexibility index (Phi) is 4.56. The minimum atomic E-state index is -1.01. The third-order valence-corrected chi connectivity index (χ3v) is 2.66. The molecular formula is C16H14O5. The molecule has 0 aromatic heterocycles. The highest BCUT2D eigenvalue weighted by Crippen LogP contribution is 2.12. The molecule has 0 fully saturated rings. The maximum absolute atomic E-state index is 11.8. The van der Waals surface area contributed by atoms with Gasteiger partial charge in [-0.3, -0.25) is 0 Å². The minimum absolute atomic E-state index is 0.0510. The van der Waals surface area contributed by atoms with Gasteiger partial charge in [0.25, 0.3) is 0 Å². The number of hydrogen-bond donors (Lipinski definition) is 1. The fourth-order valence-corrected chi connectivity index (χ4v) is 1.63. The van der Waals surface area contributed by atoms with Crippen molar-refractivity contribution in [2.75, 3.05) is 0 Å². The van der Waals surface area contributed by atoms with Gasteiger partial charge in [0, 0.05) is 6.92 Å². The van der Waals surface area contributed by atoms with Crippen molar-refractivity contribution >= 4 is 11.9 Å². The third kappa shape index (κ3) is 4.07. The number of hydrogen-bond acceptors (Lipinski definition) is 5. The highest BCUT2D eigenvalue weighted by molar-refractivity contribution is 5.91. The molecule has 0 aliphatic carbocycles. The van der Waals surface area contributed by atoms with E-state index in [1.807, 2.05) is 0 Å². The molecule has 0 aliphatic heterocycles. The molecule has 1 atom stereocenters. The van der Waals surface area contributed by atoms with E-state index in [2.05, 4.69) is 0 Å². The van der Waals surface area contributed by atoms with Crippen molar-refractivity contribution in [3.05, 3.63) is 65.7 Å². The molecule has 2 aromatic rings. The second-order valence-electron chi connectivity index (χ2n) is 4.29. The lowest BCUT2D eigenvalue weighted by Gasteiger charge is -2.14. The molecule has 2 rings (SSSR count). The summed E-state index contributed by atoms with van der Waals surface area (Å²) < 4.78 is 10.0. The van der Waals surface area contributed by atoms with E-state index in [1.165, 1.54) is 31.2 Å². The summed E-state index contributed by atoms with van der Waals surface area (Å²) >= 11 is 0. The van der Waals surface area contributed by atoms with Crippen molar-refractivity contribution in [3.63, 3.8) is 0 Å². The molecule has 0 heterocycles. The molecule has 1 N–H and O–H groups in total. The van der Waals surface area contributed by atoms with Gasteiger partial charge in [0.15, 0.2) is 0 Å². The quantitative estimate of drug-likeness (QED) is 0.691. The molecule has 0 saturated heterocycles. The maximum Gasteiger partial charge on any atom is 0.341 e. The maximum atomic E-state index is 11.8. The zero-order valence-electron chi connectivity index (χ0n) is 11.4. The van der Waals surface area contributed by atoms with E-state index in [-0.39, 0.29) is 11.3 Å². The predicted molar refractivity (Wildman–Crippen MR) is 74.8 cm³/mol. The summed E-state index contributed by atoms with van der Waals surface area (Å²) in [4.78, 5) is 23.6. The molecule has 0 saturated carbocycles. The standard InChI is InChI=1S/C16H14O5/c1-11(20-15(18)12-5-3-2-4-6-12)21-16(19)13-7-9-14(17)10-8-13/h2-11,17H,1H3. The Morgan fingerprint density at radius 1 is 0.857 bits per heavy atom. The van der Waals surface area contributed by atoms with E-state index in [9.17, 15) is 9.59 Å². The Hall–Kier alpha value is -2.82. The van der Waals surface area contributed by atoms with Crippen LogP contribution in [0.4, 0.5) is 0 Å². The zero-order valence-corrected chi connectivity index (χ0v) is 11.4. The van der Waals surface area contributed by atoms with Gasteiger partial charge in [-0.15, -0.1) is 0 Å². The van der Waals surface area contributed by atoms with Gasteiger partial charge in [0.1, 0.15) is 5.75 Å². The molecular weight excluding hydrogens is 272 g/mol. The van der Waals surface area contributed by atoms with Crippen LogP contribution in [0.2, 0.25) is 0 Å². The van der Waals surface area contributed by atoms with Crippen molar-refractivity contribution in [2.24, 2.45) is 0 Å². The van der Waals surface area contributed by atoms with E-state index in [1.54, 1.807) is 30.3 Å². The highest BCUT2D eigenvalue weighted by atomic mass is 16.7. The molecule has 5 nitrogen and oxygen atoms in total. The Labute approximate surface area is 121 Å². The molecule has 0 bridgehead atoms. The molecule has 5 heteroatoms. The van der Waals surface area contributed by atoms with Crippen LogP contribution in [0.25, 0.3) is 0 Å². The Bertz CT molecular complexity index is 619. The van der Waals surface area contributed by atoms with Crippen LogP contribution in [0.5, 0.6) is 5.75 Å². The van der Waals surface area contributed by atoms with Crippen LogP contribution in [0, 0.1) is 0 Å². The summed E-state index contributed by atoms with van der Waals surface area (Å²) in [5, 5.41) is 9.14. The molecule has 1 unspecified atom stereocenters. The molecule has 0 aliphatic rings. The van der Waals surface area contributed by atoms with E-state index in [4.69, 9.17) is 14.6 Å². The topological polar surface area (TPSA) is 72.8 Å². The van der Waals surface area contributed by atoms with Crippen LogP contribution in [-0.2, 0) is 9.47 Å². The van der Waals surface area contributed by atoms with Gasteiger partial charge in [0.05, 0.1) is 11.1 Å². The zero-order chi connectivity index (χ0) is 15.2. The number of rotatable bonds is 4. The summed E-state index contributed by atoms with van der Waals surface area (Å²) in [6.07, 6.45) is -1.01. The number of phenolic OH excluding ortho intramolecular Hbond substituents is 1. The SMILES string of the molecule is CC(OC(=O)c1ccccc1)OC(=O)c1ccc(O)cc1. The van der Waals surface area contributed by atoms with Crippen LogP contribution in [0.3, 0.4) is 0 Å². The molecule has 2 aromatic carbocycles. The third-order valence-electron chi connectivity index (χ3n) is 2.66. The summed E-state index contributed by atoms with van der Waals surface area (Å²) in [5.74, 6) is -1.15. The number of esters is 2. The van der Waals surface area contributed by atoms with Gasteiger partial charge in [-0.25, -0.2) is 9.59 Å².